The first-order chi connectivity index (χ1) is 19.9. The molecule has 4 aromatic carbocycles. The van der Waals surface area contributed by atoms with Gasteiger partial charge >= 0.3 is 0 Å². The highest BCUT2D eigenvalue weighted by Crippen LogP contribution is 2.61. The highest BCUT2D eigenvalue weighted by molar-refractivity contribution is 6.33. The summed E-state index contributed by atoms with van der Waals surface area (Å²) in [6.45, 7) is 0. The number of hydrogen-bond donors (Lipinski definition) is 0. The van der Waals surface area contributed by atoms with Gasteiger partial charge < -0.3 is 9.64 Å². The fraction of sp³-hybridized carbons (Fsp3) is 0.147. The van der Waals surface area contributed by atoms with Crippen molar-refractivity contribution in [3.8, 4) is 5.75 Å². The van der Waals surface area contributed by atoms with E-state index in [2.05, 4.69) is 0 Å². The third-order valence-electron chi connectivity index (χ3n) is 8.60. The molecule has 7 rings (SSSR count). The summed E-state index contributed by atoms with van der Waals surface area (Å²) in [7, 11) is 1.52. The van der Waals surface area contributed by atoms with Gasteiger partial charge in [-0.2, -0.15) is 0 Å². The van der Waals surface area contributed by atoms with Crippen LogP contribution in [0.5, 0.6) is 5.75 Å². The van der Waals surface area contributed by atoms with E-state index in [0.29, 0.717) is 44.3 Å². The number of halogens is 2. The number of carbonyl (C=O) groups excluding carboxylic acids is 3. The Morgan fingerprint density at radius 1 is 0.902 bits per heavy atom. The number of hydrogen-bond acceptors (Lipinski definition) is 5. The second-order valence-corrected chi connectivity index (χ2v) is 11.0. The van der Waals surface area contributed by atoms with Gasteiger partial charge in [-0.25, -0.2) is 4.39 Å². The molecular formula is C34H23ClFNO4. The molecule has 0 amide bonds. The van der Waals surface area contributed by atoms with Crippen molar-refractivity contribution in [2.24, 2.45) is 5.41 Å². The van der Waals surface area contributed by atoms with E-state index < -0.39 is 29.2 Å². The summed E-state index contributed by atoms with van der Waals surface area (Å²) in [6, 6.07) is 23.1. The van der Waals surface area contributed by atoms with Crippen LogP contribution in [0.15, 0.2) is 97.1 Å². The van der Waals surface area contributed by atoms with E-state index in [9.17, 15) is 18.8 Å². The Kier molecular flexibility index (Phi) is 5.73. The molecule has 1 aliphatic carbocycles. The number of rotatable bonds is 4. The number of carbonyl (C=O) groups is 3. The number of fused-ring (bicyclic) bond motifs is 5. The fourth-order valence-corrected chi connectivity index (χ4v) is 7.17. The predicted molar refractivity (Wildman–Crippen MR) is 155 cm³/mol. The Balaban J connectivity index is 1.55. The number of methoxy groups -OCH3 is 1. The van der Waals surface area contributed by atoms with Crippen molar-refractivity contribution in [3.63, 3.8) is 0 Å². The van der Waals surface area contributed by atoms with Crippen LogP contribution in [0.25, 0.3) is 6.08 Å². The minimum Gasteiger partial charge on any atom is -0.497 e. The molecule has 4 aromatic rings. The van der Waals surface area contributed by atoms with E-state index in [1.54, 1.807) is 91.0 Å². The summed E-state index contributed by atoms with van der Waals surface area (Å²) in [6.07, 6.45) is 3.50. The highest BCUT2D eigenvalue weighted by Gasteiger charge is 2.71. The average molecular weight is 564 g/mol. The lowest BCUT2D eigenvalue weighted by atomic mass is 9.64. The van der Waals surface area contributed by atoms with Crippen LogP contribution in [0, 0.1) is 11.2 Å². The van der Waals surface area contributed by atoms with Crippen molar-refractivity contribution >= 4 is 40.7 Å². The molecule has 0 saturated carbocycles. The van der Waals surface area contributed by atoms with Gasteiger partial charge in [-0.1, -0.05) is 72.3 Å². The summed E-state index contributed by atoms with van der Waals surface area (Å²) in [5, 5.41) is 0.420. The molecule has 0 unspecified atom stereocenters. The van der Waals surface area contributed by atoms with Gasteiger partial charge in [0.15, 0.2) is 17.3 Å². The van der Waals surface area contributed by atoms with E-state index in [-0.39, 0.29) is 17.3 Å². The molecule has 41 heavy (non-hydrogen) atoms. The number of anilines is 1. The van der Waals surface area contributed by atoms with Gasteiger partial charge in [-0.3, -0.25) is 14.4 Å². The summed E-state index contributed by atoms with van der Waals surface area (Å²) >= 11 is 6.47. The van der Waals surface area contributed by atoms with Crippen LogP contribution >= 0.6 is 11.6 Å². The number of ketones is 3. The van der Waals surface area contributed by atoms with E-state index >= 15 is 0 Å². The Morgan fingerprint density at radius 2 is 1.63 bits per heavy atom. The summed E-state index contributed by atoms with van der Waals surface area (Å²) < 4.78 is 19.8. The molecule has 1 saturated heterocycles. The molecular weight excluding hydrogens is 541 g/mol. The Bertz CT molecular complexity index is 1780. The van der Waals surface area contributed by atoms with E-state index in [4.69, 9.17) is 16.3 Å². The second-order valence-electron chi connectivity index (χ2n) is 10.6. The smallest absolute Gasteiger partial charge is 0.186 e. The lowest BCUT2D eigenvalue weighted by Gasteiger charge is -2.37. The van der Waals surface area contributed by atoms with Crippen LogP contribution in [0.2, 0.25) is 5.02 Å². The van der Waals surface area contributed by atoms with Crippen molar-refractivity contribution in [1.29, 1.82) is 0 Å². The number of Topliss-reactive ketones (excluding diaryl/α,β-unsaturated/α-hetero) is 3. The molecule has 3 atom stereocenters. The molecule has 3 aliphatic rings. The second kappa shape index (κ2) is 9.25. The summed E-state index contributed by atoms with van der Waals surface area (Å²) in [4.78, 5) is 45.8. The van der Waals surface area contributed by atoms with Gasteiger partial charge in [0, 0.05) is 38.9 Å². The molecule has 2 aliphatic heterocycles. The summed E-state index contributed by atoms with van der Waals surface area (Å²) in [5.74, 6) is -1.80. The molecule has 7 heteroatoms. The lowest BCUT2D eigenvalue weighted by Crippen LogP contribution is -2.48. The zero-order chi connectivity index (χ0) is 28.5. The SMILES string of the molecule is COc1cccc(C(=O)[C@@H]2[C@@H](c3cccc(Cl)c3)C3(C(=O)c4ccccc4C3=O)[C@H]3C=Cc4cc(F)ccc4N23)c1. The molecule has 5 nitrogen and oxygen atoms in total. The Morgan fingerprint density at radius 3 is 2.34 bits per heavy atom. The summed E-state index contributed by atoms with van der Waals surface area (Å²) in [5.41, 5.74) is 1.10. The van der Waals surface area contributed by atoms with Crippen molar-refractivity contribution in [2.45, 2.75) is 18.0 Å². The maximum absolute atomic E-state index is 14.7. The minimum atomic E-state index is -1.66. The van der Waals surface area contributed by atoms with Gasteiger partial charge in [0.1, 0.15) is 23.0 Å². The highest BCUT2D eigenvalue weighted by atomic mass is 35.5. The minimum absolute atomic E-state index is 0.294. The largest absolute Gasteiger partial charge is 0.497 e. The number of nitrogens with zero attached hydrogens (tertiary/aromatic N) is 1. The maximum Gasteiger partial charge on any atom is 0.186 e. The maximum atomic E-state index is 14.7. The van der Waals surface area contributed by atoms with E-state index in [0.717, 1.165) is 0 Å². The first kappa shape index (κ1) is 25.4. The number of ether oxygens (including phenoxy) is 1. The standard InChI is InChI=1S/C34H23ClFNO4/c1-41-24-9-5-7-21(18-24)31(38)30-29(20-6-4-8-22(35)16-20)34(32(39)25-10-2-3-11-26(25)33(34)40)28-15-12-19-17-23(36)13-14-27(19)37(28)30/h2-18,28-30H,1H3/t28-,29-,30+/m1/s1. The molecule has 1 fully saturated rings. The first-order valence-electron chi connectivity index (χ1n) is 13.2. The van der Waals surface area contributed by atoms with E-state index in [1.165, 1.54) is 19.2 Å². The molecule has 0 bridgehead atoms. The van der Waals surface area contributed by atoms with Crippen molar-refractivity contribution < 1.29 is 23.5 Å². The molecule has 0 aromatic heterocycles. The Labute approximate surface area is 240 Å². The van der Waals surface area contributed by atoms with Crippen LogP contribution in [-0.2, 0) is 0 Å². The van der Waals surface area contributed by atoms with Crippen molar-refractivity contribution in [3.05, 3.63) is 136 Å². The average Bonchev–Trinajstić information content (AvgIpc) is 3.42. The monoisotopic (exact) mass is 563 g/mol. The topological polar surface area (TPSA) is 63.7 Å². The quantitative estimate of drug-likeness (QED) is 0.202. The normalized spacial score (nSPS) is 21.5. The first-order valence-corrected chi connectivity index (χ1v) is 13.6. The molecule has 0 radical (unpaired) electrons. The van der Waals surface area contributed by atoms with Gasteiger partial charge in [0.25, 0.3) is 0 Å². The van der Waals surface area contributed by atoms with Crippen LogP contribution in [0.1, 0.15) is 48.1 Å². The van der Waals surface area contributed by atoms with Crippen LogP contribution in [0.3, 0.4) is 0 Å². The van der Waals surface area contributed by atoms with Crippen molar-refractivity contribution in [1.82, 2.24) is 0 Å². The Hall–Kier alpha value is -4.55. The van der Waals surface area contributed by atoms with E-state index in [1.807, 2.05) is 4.90 Å². The van der Waals surface area contributed by atoms with Crippen LogP contribution in [0.4, 0.5) is 10.1 Å². The molecule has 2 heterocycles. The number of benzene rings is 4. The molecule has 0 N–H and O–H groups in total. The van der Waals surface area contributed by atoms with Gasteiger partial charge in [-0.15, -0.1) is 0 Å². The fourth-order valence-electron chi connectivity index (χ4n) is 6.97. The zero-order valence-electron chi connectivity index (χ0n) is 21.9. The molecule has 202 valence electrons. The van der Waals surface area contributed by atoms with Gasteiger partial charge in [0.2, 0.25) is 0 Å². The lowest BCUT2D eigenvalue weighted by molar-refractivity contribution is 0.0666. The predicted octanol–water partition coefficient (Wildman–Crippen LogP) is 6.80. The van der Waals surface area contributed by atoms with Crippen molar-refractivity contribution in [2.75, 3.05) is 12.0 Å². The van der Waals surface area contributed by atoms with Gasteiger partial charge in [0.05, 0.1) is 13.2 Å². The van der Waals surface area contributed by atoms with Crippen LogP contribution in [-0.4, -0.2) is 36.5 Å². The van der Waals surface area contributed by atoms with Gasteiger partial charge in [-0.05, 0) is 48.0 Å². The van der Waals surface area contributed by atoms with Crippen LogP contribution < -0.4 is 9.64 Å². The third kappa shape index (κ3) is 3.50. The molecule has 1 spiro atoms. The third-order valence-corrected chi connectivity index (χ3v) is 8.83. The zero-order valence-corrected chi connectivity index (χ0v) is 22.6.